The summed E-state index contributed by atoms with van der Waals surface area (Å²) in [5.74, 6) is 5.85. The first kappa shape index (κ1) is 48.7. The molecule has 0 heterocycles. The molecule has 5 atom stereocenters. The lowest BCUT2D eigenvalue weighted by Gasteiger charge is -2.25. The average molecular weight is 762 g/mol. The molecule has 0 radical (unpaired) electrons. The van der Waals surface area contributed by atoms with Crippen LogP contribution in [-0.4, -0.2) is 104 Å². The fourth-order valence-electron chi connectivity index (χ4n) is 4.54. The number of amides is 7. The van der Waals surface area contributed by atoms with E-state index in [4.69, 9.17) is 9.47 Å². The summed E-state index contributed by atoms with van der Waals surface area (Å²) in [5, 5.41) is 17.5. The molecule has 0 spiro atoms. The van der Waals surface area contributed by atoms with Gasteiger partial charge in [0.2, 0.25) is 35.4 Å². The molecule has 0 aliphatic rings. The van der Waals surface area contributed by atoms with E-state index in [1.54, 1.807) is 34.6 Å². The summed E-state index contributed by atoms with van der Waals surface area (Å²) in [6.07, 6.45) is 0.855. The van der Waals surface area contributed by atoms with Gasteiger partial charge in [-0.05, 0) is 60.3 Å². The third kappa shape index (κ3) is 21.3. The Morgan fingerprint density at radius 3 is 1.67 bits per heavy atom. The van der Waals surface area contributed by atoms with E-state index in [0.29, 0.717) is 12.8 Å². The second-order valence-corrected chi connectivity index (χ2v) is 13.7. The summed E-state index contributed by atoms with van der Waals surface area (Å²) in [6.45, 7) is 14.1. The molecule has 17 heteroatoms. The Labute approximate surface area is 318 Å². The molecule has 0 aromatic carbocycles. The molecular formula is C37H59N7O10. The molecule has 0 aromatic heterocycles. The van der Waals surface area contributed by atoms with E-state index in [0.717, 1.165) is 0 Å². The first-order chi connectivity index (χ1) is 25.3. The van der Waals surface area contributed by atoms with Crippen molar-refractivity contribution in [3.05, 3.63) is 0 Å². The molecule has 7 amide bonds. The topological polar surface area (TPSA) is 239 Å². The number of hydrogen-bond donors (Lipinski definition) is 7. The molecule has 54 heavy (non-hydrogen) atoms. The second-order valence-electron chi connectivity index (χ2n) is 13.7. The maximum atomic E-state index is 13.5. The number of hydrogen-bond acceptors (Lipinski definition) is 10. The summed E-state index contributed by atoms with van der Waals surface area (Å²) in [6, 6.07) is -5.40. The van der Waals surface area contributed by atoms with Crippen LogP contribution in [0.15, 0.2) is 0 Å². The van der Waals surface area contributed by atoms with Crippen molar-refractivity contribution in [2.45, 2.75) is 137 Å². The number of rotatable bonds is 21. The van der Waals surface area contributed by atoms with Crippen LogP contribution in [0.5, 0.6) is 0 Å². The van der Waals surface area contributed by atoms with Gasteiger partial charge in [0.1, 0.15) is 35.8 Å². The highest BCUT2D eigenvalue weighted by molar-refractivity contribution is 5.96. The fourth-order valence-corrected chi connectivity index (χ4v) is 4.54. The molecular weight excluding hydrogens is 702 g/mol. The van der Waals surface area contributed by atoms with Crippen molar-refractivity contribution in [3.8, 4) is 23.7 Å². The van der Waals surface area contributed by atoms with E-state index >= 15 is 0 Å². The predicted molar refractivity (Wildman–Crippen MR) is 200 cm³/mol. The minimum absolute atomic E-state index is 0.0184. The molecule has 0 unspecified atom stereocenters. The molecule has 7 N–H and O–H groups in total. The van der Waals surface area contributed by atoms with Crippen molar-refractivity contribution < 1.29 is 47.8 Å². The van der Waals surface area contributed by atoms with E-state index in [1.807, 2.05) is 20.8 Å². The van der Waals surface area contributed by atoms with E-state index in [9.17, 15) is 38.4 Å². The van der Waals surface area contributed by atoms with Gasteiger partial charge in [0, 0.05) is 12.8 Å². The van der Waals surface area contributed by atoms with Crippen LogP contribution >= 0.6 is 0 Å². The Morgan fingerprint density at radius 1 is 0.648 bits per heavy atom. The maximum absolute atomic E-state index is 13.5. The largest absolute Gasteiger partial charge is 0.467 e. The van der Waals surface area contributed by atoms with Crippen LogP contribution in [0.25, 0.3) is 0 Å². The molecule has 0 aliphatic carbocycles. The summed E-state index contributed by atoms with van der Waals surface area (Å²) in [7, 11) is 1.18. The fraction of sp³-hybridized carbons (Fsp3) is 0.676. The summed E-state index contributed by atoms with van der Waals surface area (Å²) < 4.78 is 9.89. The van der Waals surface area contributed by atoms with Gasteiger partial charge in [-0.2, -0.15) is 0 Å². The van der Waals surface area contributed by atoms with Crippen LogP contribution in [0.1, 0.15) is 101 Å². The van der Waals surface area contributed by atoms with Gasteiger partial charge in [0.25, 0.3) is 0 Å². The number of carbonyl (C=O) groups is 8. The van der Waals surface area contributed by atoms with Crippen molar-refractivity contribution in [2.24, 2.45) is 5.92 Å². The summed E-state index contributed by atoms with van der Waals surface area (Å²) in [4.78, 5) is 102. The normalized spacial score (nSPS) is 13.3. The number of nitrogens with one attached hydrogen (secondary N) is 7. The number of carbonyl (C=O) groups excluding carboxylic acids is 8. The van der Waals surface area contributed by atoms with Crippen LogP contribution in [-0.2, 0) is 43.0 Å². The van der Waals surface area contributed by atoms with Crippen LogP contribution in [0.3, 0.4) is 0 Å². The van der Waals surface area contributed by atoms with E-state index in [1.165, 1.54) is 14.0 Å². The molecule has 0 aliphatic heterocycles. The van der Waals surface area contributed by atoms with Crippen molar-refractivity contribution in [3.63, 3.8) is 0 Å². The van der Waals surface area contributed by atoms with Gasteiger partial charge in [0.15, 0.2) is 0 Å². The summed E-state index contributed by atoms with van der Waals surface area (Å²) in [5.41, 5.74) is -0.804. The first-order valence-corrected chi connectivity index (χ1v) is 17.9. The van der Waals surface area contributed by atoms with Gasteiger partial charge >= 0.3 is 12.1 Å². The first-order valence-electron chi connectivity index (χ1n) is 17.9. The zero-order chi connectivity index (χ0) is 41.4. The van der Waals surface area contributed by atoms with Gasteiger partial charge in [-0.15, -0.1) is 23.7 Å². The highest BCUT2D eigenvalue weighted by Gasteiger charge is 2.30. The lowest BCUT2D eigenvalue weighted by atomic mass is 10.0. The van der Waals surface area contributed by atoms with E-state index in [-0.39, 0.29) is 31.6 Å². The Bertz CT molecular complexity index is 1440. The maximum Gasteiger partial charge on any atom is 0.408 e. The highest BCUT2D eigenvalue weighted by atomic mass is 16.6. The Morgan fingerprint density at radius 2 is 1.17 bits per heavy atom. The quantitative estimate of drug-likeness (QED) is 0.0624. The lowest BCUT2D eigenvalue weighted by Crippen LogP contribution is -2.57. The molecule has 0 aromatic rings. The molecule has 17 nitrogen and oxygen atoms in total. The minimum atomic E-state index is -1.13. The third-order valence-corrected chi connectivity index (χ3v) is 7.23. The van der Waals surface area contributed by atoms with Gasteiger partial charge < -0.3 is 46.7 Å². The lowest BCUT2D eigenvalue weighted by molar-refractivity contribution is -0.144. The number of methoxy groups -OCH3 is 1. The number of esters is 1. The molecule has 0 saturated heterocycles. The molecule has 0 fully saturated rings. The average Bonchev–Trinajstić information content (AvgIpc) is 3.09. The third-order valence-electron chi connectivity index (χ3n) is 7.23. The van der Waals surface area contributed by atoms with Crippen LogP contribution < -0.4 is 37.2 Å². The van der Waals surface area contributed by atoms with Crippen molar-refractivity contribution in [1.29, 1.82) is 0 Å². The number of unbranched alkanes of at least 4 members (excludes halogenated alkanes) is 1. The van der Waals surface area contributed by atoms with Gasteiger partial charge in [-0.3, -0.25) is 28.8 Å². The predicted octanol–water partition coefficient (Wildman–Crippen LogP) is 0.307. The molecule has 302 valence electrons. The SMILES string of the molecule is CC#CC[C@H](NC(=O)OC(C)(C)C)C(=O)NCC(=O)N[C@@H](C)C(=O)N[C@H](CC(C)C)C(=O)N[C@@H](CCCC)C(=O)NCC(=O)N[C@@H](CC#CC)C(=O)OC. The Hall–Kier alpha value is -5.32. The zero-order valence-electron chi connectivity index (χ0n) is 33.2. The summed E-state index contributed by atoms with van der Waals surface area (Å²) >= 11 is 0. The van der Waals surface area contributed by atoms with Crippen molar-refractivity contribution in [1.82, 2.24) is 37.2 Å². The monoisotopic (exact) mass is 761 g/mol. The standard InChI is InChI=1S/C37H59N7O10/c1-11-14-17-25(32(48)39-22-30(46)41-27(19-16-13-3)35(51)53-10)42-34(50)28(20-23(4)5)43-31(47)24(6)40-29(45)21-38-33(49)26(18-15-12-2)44-36(52)54-37(7,8)9/h23-28H,11,14,17-22H2,1-10H3,(H,38,49)(H,39,48)(H,40,45)(H,41,46)(H,42,50)(H,43,47)(H,44,52)/t24-,25-,26-,27-,28+/m0/s1. The minimum Gasteiger partial charge on any atom is -0.467 e. The molecule has 0 saturated carbocycles. The Kier molecular flexibility index (Phi) is 23.1. The zero-order valence-corrected chi connectivity index (χ0v) is 33.2. The van der Waals surface area contributed by atoms with Gasteiger partial charge in [-0.1, -0.05) is 33.6 Å². The number of alkyl carbamates (subject to hydrolysis) is 1. The van der Waals surface area contributed by atoms with E-state index in [2.05, 4.69) is 60.9 Å². The van der Waals surface area contributed by atoms with Crippen LogP contribution in [0.2, 0.25) is 0 Å². The van der Waals surface area contributed by atoms with Crippen LogP contribution in [0, 0.1) is 29.6 Å². The molecule has 0 bridgehead atoms. The second kappa shape index (κ2) is 25.6. The van der Waals surface area contributed by atoms with Crippen LogP contribution in [0.4, 0.5) is 4.79 Å². The number of ether oxygens (including phenoxy) is 2. The molecule has 0 rings (SSSR count). The highest BCUT2D eigenvalue weighted by Crippen LogP contribution is 2.09. The van der Waals surface area contributed by atoms with Gasteiger partial charge in [0.05, 0.1) is 20.2 Å². The van der Waals surface area contributed by atoms with E-state index < -0.39 is 96.4 Å². The smallest absolute Gasteiger partial charge is 0.408 e. The van der Waals surface area contributed by atoms with Crippen molar-refractivity contribution >= 4 is 47.5 Å². The Balaban J connectivity index is 5.48. The van der Waals surface area contributed by atoms with Gasteiger partial charge in [-0.25, -0.2) is 9.59 Å². The van der Waals surface area contributed by atoms with Crippen molar-refractivity contribution in [2.75, 3.05) is 20.2 Å².